The molecule has 0 aromatic rings. The number of allylic oxidation sites excluding steroid dienone is 1. The first kappa shape index (κ1) is 8.79. The minimum atomic E-state index is 0.669. The van der Waals surface area contributed by atoms with Gasteiger partial charge in [-0.25, -0.2) is 0 Å². The maximum atomic E-state index is 2.44. The number of rotatable bonds is 2. The van der Waals surface area contributed by atoms with E-state index in [9.17, 15) is 0 Å². The van der Waals surface area contributed by atoms with Gasteiger partial charge in [0.15, 0.2) is 0 Å². The van der Waals surface area contributed by atoms with Crippen molar-refractivity contribution >= 4 is 0 Å². The zero-order valence-corrected chi connectivity index (χ0v) is 7.88. The van der Waals surface area contributed by atoms with E-state index in [1.807, 2.05) is 0 Å². The molecule has 1 nitrogen and oxygen atoms in total. The van der Waals surface area contributed by atoms with Gasteiger partial charge < -0.3 is 0 Å². The van der Waals surface area contributed by atoms with Crippen molar-refractivity contribution in [2.75, 3.05) is 7.05 Å². The molecule has 64 valence electrons. The third kappa shape index (κ3) is 2.33. The lowest BCUT2D eigenvalue weighted by Gasteiger charge is -2.30. The predicted molar refractivity (Wildman–Crippen MR) is 49.7 cm³/mol. The van der Waals surface area contributed by atoms with Gasteiger partial charge >= 0.3 is 0 Å². The maximum absolute atomic E-state index is 2.44. The average molecular weight is 153 g/mol. The number of hydrogen-bond acceptors (Lipinski definition) is 1. The van der Waals surface area contributed by atoms with Gasteiger partial charge in [-0.2, -0.15) is 0 Å². The molecule has 0 radical (unpaired) electrons. The summed E-state index contributed by atoms with van der Waals surface area (Å²) in [7, 11) is 2.21. The number of hydrogen-bond donors (Lipinski definition) is 0. The molecule has 1 unspecified atom stereocenters. The van der Waals surface area contributed by atoms with Crippen LogP contribution in [-0.4, -0.2) is 24.0 Å². The van der Waals surface area contributed by atoms with Crippen LogP contribution in [-0.2, 0) is 0 Å². The quantitative estimate of drug-likeness (QED) is 0.551. The van der Waals surface area contributed by atoms with Crippen LogP contribution in [0.4, 0.5) is 0 Å². The van der Waals surface area contributed by atoms with Crippen LogP contribution in [0.1, 0.15) is 33.1 Å². The summed E-state index contributed by atoms with van der Waals surface area (Å²) < 4.78 is 0. The summed E-state index contributed by atoms with van der Waals surface area (Å²) in [4.78, 5) is 2.44. The molecule has 1 rings (SSSR count). The molecule has 1 aliphatic carbocycles. The predicted octanol–water partition coefficient (Wildman–Crippen LogP) is 2.44. The molecule has 0 heterocycles. The third-order valence-electron chi connectivity index (χ3n) is 2.57. The van der Waals surface area contributed by atoms with Crippen molar-refractivity contribution in [2.45, 2.75) is 45.2 Å². The van der Waals surface area contributed by atoms with E-state index in [0.29, 0.717) is 12.1 Å². The molecule has 1 aliphatic rings. The van der Waals surface area contributed by atoms with Crippen molar-refractivity contribution < 1.29 is 0 Å². The van der Waals surface area contributed by atoms with Crippen LogP contribution in [0, 0.1) is 0 Å². The van der Waals surface area contributed by atoms with Gasteiger partial charge in [0.1, 0.15) is 0 Å². The number of nitrogens with zero attached hydrogens (tertiary/aromatic N) is 1. The van der Waals surface area contributed by atoms with Gasteiger partial charge in [-0.15, -0.1) is 0 Å². The third-order valence-corrected chi connectivity index (χ3v) is 2.57. The molecule has 1 heteroatoms. The van der Waals surface area contributed by atoms with E-state index < -0.39 is 0 Å². The van der Waals surface area contributed by atoms with E-state index in [-0.39, 0.29) is 0 Å². The minimum absolute atomic E-state index is 0.669. The first-order valence-corrected chi connectivity index (χ1v) is 4.60. The molecule has 0 aromatic heterocycles. The Kier molecular flexibility index (Phi) is 3.13. The summed E-state index contributed by atoms with van der Waals surface area (Å²) in [6, 6.07) is 1.37. The van der Waals surface area contributed by atoms with Gasteiger partial charge in [0.25, 0.3) is 0 Å². The topological polar surface area (TPSA) is 3.24 Å². The highest BCUT2D eigenvalue weighted by Crippen LogP contribution is 2.16. The Bertz CT molecular complexity index is 138. The second-order valence-electron chi connectivity index (χ2n) is 3.69. The molecule has 0 bridgehead atoms. The normalized spacial score (nSPS) is 25.0. The molecule has 0 aliphatic heterocycles. The van der Waals surface area contributed by atoms with Crippen LogP contribution in [0.5, 0.6) is 0 Å². The van der Waals surface area contributed by atoms with Crippen molar-refractivity contribution in [3.05, 3.63) is 12.2 Å². The molecular weight excluding hydrogens is 134 g/mol. The van der Waals surface area contributed by atoms with Gasteiger partial charge in [-0.3, -0.25) is 4.90 Å². The van der Waals surface area contributed by atoms with E-state index in [4.69, 9.17) is 0 Å². The second-order valence-corrected chi connectivity index (χ2v) is 3.69. The average Bonchev–Trinajstić information content (AvgIpc) is 2.05. The molecule has 11 heavy (non-hydrogen) atoms. The van der Waals surface area contributed by atoms with Crippen LogP contribution < -0.4 is 0 Å². The second kappa shape index (κ2) is 3.91. The van der Waals surface area contributed by atoms with Crippen molar-refractivity contribution in [1.29, 1.82) is 0 Å². The molecule has 1 atom stereocenters. The Labute approximate surface area is 70.1 Å². The summed E-state index contributed by atoms with van der Waals surface area (Å²) >= 11 is 0. The van der Waals surface area contributed by atoms with Gasteiger partial charge in [0.05, 0.1) is 0 Å². The van der Waals surface area contributed by atoms with Gasteiger partial charge in [-0.1, -0.05) is 12.2 Å². The lowest BCUT2D eigenvalue weighted by molar-refractivity contribution is 0.213. The Morgan fingerprint density at radius 3 is 2.64 bits per heavy atom. The maximum Gasteiger partial charge on any atom is 0.0277 e. The highest BCUT2D eigenvalue weighted by Gasteiger charge is 2.15. The smallest absolute Gasteiger partial charge is 0.0277 e. The van der Waals surface area contributed by atoms with E-state index in [2.05, 4.69) is 37.9 Å². The molecule has 0 N–H and O–H groups in total. The SMILES string of the molecule is CC(C)N(C)C1C=CCCC1. The Hall–Kier alpha value is -0.300. The zero-order valence-electron chi connectivity index (χ0n) is 7.88. The summed E-state index contributed by atoms with van der Waals surface area (Å²) in [5.74, 6) is 0. The van der Waals surface area contributed by atoms with Gasteiger partial charge in [0.2, 0.25) is 0 Å². The largest absolute Gasteiger partial charge is 0.298 e. The highest BCUT2D eigenvalue weighted by atomic mass is 15.1. The summed E-state index contributed by atoms with van der Waals surface area (Å²) in [5, 5.41) is 0. The van der Waals surface area contributed by atoms with Crippen LogP contribution in [0.25, 0.3) is 0 Å². The van der Waals surface area contributed by atoms with Gasteiger partial charge in [0, 0.05) is 12.1 Å². The summed E-state index contributed by atoms with van der Waals surface area (Å²) in [6.45, 7) is 4.50. The number of likely N-dealkylation sites (N-methyl/N-ethyl adjacent to an activating group) is 1. The van der Waals surface area contributed by atoms with E-state index in [1.54, 1.807) is 0 Å². The fraction of sp³-hybridized carbons (Fsp3) is 0.800. The lowest BCUT2D eigenvalue weighted by atomic mass is 10.0. The Balaban J connectivity index is 2.45. The Morgan fingerprint density at radius 2 is 2.18 bits per heavy atom. The monoisotopic (exact) mass is 153 g/mol. The van der Waals surface area contributed by atoms with E-state index in [0.717, 1.165) is 0 Å². The standard InChI is InChI=1S/C10H19N/c1-9(2)11(3)10-7-5-4-6-8-10/h5,7,9-10H,4,6,8H2,1-3H3. The summed E-state index contributed by atoms with van der Waals surface area (Å²) in [5.41, 5.74) is 0. The van der Waals surface area contributed by atoms with Crippen LogP contribution in [0.3, 0.4) is 0 Å². The first-order chi connectivity index (χ1) is 5.22. The Morgan fingerprint density at radius 1 is 1.45 bits per heavy atom. The van der Waals surface area contributed by atoms with Crippen LogP contribution in [0.15, 0.2) is 12.2 Å². The lowest BCUT2D eigenvalue weighted by Crippen LogP contribution is -2.36. The van der Waals surface area contributed by atoms with Crippen LogP contribution in [0.2, 0.25) is 0 Å². The minimum Gasteiger partial charge on any atom is -0.298 e. The van der Waals surface area contributed by atoms with Gasteiger partial charge in [-0.05, 0) is 40.2 Å². The first-order valence-electron chi connectivity index (χ1n) is 4.60. The zero-order chi connectivity index (χ0) is 8.27. The van der Waals surface area contributed by atoms with Crippen molar-refractivity contribution in [3.63, 3.8) is 0 Å². The molecular formula is C10H19N. The molecule has 0 aromatic carbocycles. The molecule has 0 amide bonds. The molecule has 0 fully saturated rings. The fourth-order valence-electron chi connectivity index (χ4n) is 1.52. The van der Waals surface area contributed by atoms with E-state index >= 15 is 0 Å². The molecule has 0 saturated carbocycles. The van der Waals surface area contributed by atoms with Crippen molar-refractivity contribution in [3.8, 4) is 0 Å². The van der Waals surface area contributed by atoms with E-state index in [1.165, 1.54) is 19.3 Å². The van der Waals surface area contributed by atoms with Crippen LogP contribution >= 0.6 is 0 Å². The fourth-order valence-corrected chi connectivity index (χ4v) is 1.52. The van der Waals surface area contributed by atoms with Crippen molar-refractivity contribution in [2.24, 2.45) is 0 Å². The molecule has 0 saturated heterocycles. The summed E-state index contributed by atoms with van der Waals surface area (Å²) in [6.07, 6.45) is 8.64. The van der Waals surface area contributed by atoms with Crippen molar-refractivity contribution in [1.82, 2.24) is 4.90 Å². The highest BCUT2D eigenvalue weighted by molar-refractivity contribution is 4.98. The molecule has 0 spiro atoms.